The molecule has 2 N–H and O–H groups in total. The third kappa shape index (κ3) is 2.83. The van der Waals surface area contributed by atoms with Crippen molar-refractivity contribution in [3.63, 3.8) is 0 Å². The summed E-state index contributed by atoms with van der Waals surface area (Å²) in [6.45, 7) is 1.80. The average Bonchev–Trinajstić information content (AvgIpc) is 2.63. The maximum atomic E-state index is 12.8. The normalized spacial score (nSPS) is 33.4. The van der Waals surface area contributed by atoms with Gasteiger partial charge in [-0.3, -0.25) is 9.69 Å². The number of carbonyl (C=O) groups excluding carboxylic acids is 1. The number of nitrogens with two attached hydrogens (primary N) is 1. The van der Waals surface area contributed by atoms with Gasteiger partial charge in [0.05, 0.1) is 5.54 Å². The molecule has 1 saturated carbocycles. The Kier molecular flexibility index (Phi) is 4.98. The molecule has 0 aromatic rings. The van der Waals surface area contributed by atoms with Crippen molar-refractivity contribution in [3.05, 3.63) is 0 Å². The summed E-state index contributed by atoms with van der Waals surface area (Å²) in [7, 11) is 2.22. The van der Waals surface area contributed by atoms with E-state index < -0.39 is 5.54 Å². The number of likely N-dealkylation sites (N-methyl/N-ethyl adjacent to an activating group) is 1. The number of hydrogen-bond acceptors (Lipinski definition) is 3. The molecule has 3 fully saturated rings. The van der Waals surface area contributed by atoms with E-state index in [0.29, 0.717) is 12.1 Å². The topological polar surface area (TPSA) is 49.6 Å². The van der Waals surface area contributed by atoms with Crippen LogP contribution < -0.4 is 5.73 Å². The van der Waals surface area contributed by atoms with Crippen LogP contribution in [0.2, 0.25) is 0 Å². The Morgan fingerprint density at radius 2 is 1.75 bits per heavy atom. The average molecular weight is 302 g/mol. The second-order valence-corrected chi connectivity index (χ2v) is 6.81. The Bertz CT molecular complexity index is 357. The molecule has 0 aromatic heterocycles. The zero-order valence-corrected chi connectivity index (χ0v) is 13.3. The van der Waals surface area contributed by atoms with Gasteiger partial charge in [0.2, 0.25) is 5.91 Å². The van der Waals surface area contributed by atoms with Crippen LogP contribution in [0.1, 0.15) is 51.4 Å². The number of rotatable bonds is 1. The van der Waals surface area contributed by atoms with Gasteiger partial charge in [0.25, 0.3) is 0 Å². The van der Waals surface area contributed by atoms with Gasteiger partial charge in [-0.2, -0.15) is 0 Å². The molecular weight excluding hydrogens is 274 g/mol. The van der Waals surface area contributed by atoms with Crippen LogP contribution in [-0.2, 0) is 4.79 Å². The predicted molar refractivity (Wildman–Crippen MR) is 83.0 cm³/mol. The highest BCUT2D eigenvalue weighted by atomic mass is 35.5. The first kappa shape index (κ1) is 16.1. The molecule has 116 valence electrons. The largest absolute Gasteiger partial charge is 0.339 e. The molecule has 0 radical (unpaired) electrons. The van der Waals surface area contributed by atoms with Crippen LogP contribution in [0.4, 0.5) is 0 Å². The lowest BCUT2D eigenvalue weighted by molar-refractivity contribution is -0.138. The fourth-order valence-electron chi connectivity index (χ4n) is 4.20. The van der Waals surface area contributed by atoms with E-state index in [2.05, 4.69) is 16.8 Å². The Labute approximate surface area is 128 Å². The standard InChI is InChI=1S/C15H27N3O.ClH/c1-17-12-5-6-13(17)11-18(10-7-12)14(19)15(16)8-3-2-4-9-15;/h12-13H,2-11,16H2,1H3;1H. The van der Waals surface area contributed by atoms with Crippen molar-refractivity contribution >= 4 is 18.3 Å². The Hall–Kier alpha value is -0.320. The second-order valence-electron chi connectivity index (χ2n) is 6.81. The lowest BCUT2D eigenvalue weighted by Gasteiger charge is -2.37. The van der Waals surface area contributed by atoms with E-state index in [-0.39, 0.29) is 18.3 Å². The molecule has 4 nitrogen and oxygen atoms in total. The van der Waals surface area contributed by atoms with E-state index in [1.165, 1.54) is 19.3 Å². The highest BCUT2D eigenvalue weighted by Crippen LogP contribution is 2.32. The number of carbonyl (C=O) groups is 1. The zero-order chi connectivity index (χ0) is 13.5. The van der Waals surface area contributed by atoms with Gasteiger partial charge in [-0.05, 0) is 39.2 Å². The predicted octanol–water partition coefficient (Wildman–Crippen LogP) is 1.76. The molecular formula is C15H28ClN3O. The Morgan fingerprint density at radius 1 is 1.10 bits per heavy atom. The summed E-state index contributed by atoms with van der Waals surface area (Å²) in [4.78, 5) is 17.4. The molecule has 2 saturated heterocycles. The fourth-order valence-corrected chi connectivity index (χ4v) is 4.20. The maximum Gasteiger partial charge on any atom is 0.242 e. The van der Waals surface area contributed by atoms with Crippen LogP contribution >= 0.6 is 12.4 Å². The van der Waals surface area contributed by atoms with E-state index in [4.69, 9.17) is 5.73 Å². The van der Waals surface area contributed by atoms with Crippen molar-refractivity contribution < 1.29 is 4.79 Å². The third-order valence-electron chi connectivity index (χ3n) is 5.61. The van der Waals surface area contributed by atoms with E-state index in [1.54, 1.807) is 0 Å². The highest BCUT2D eigenvalue weighted by molar-refractivity contribution is 5.86. The maximum absolute atomic E-state index is 12.8. The van der Waals surface area contributed by atoms with Crippen LogP contribution in [0.15, 0.2) is 0 Å². The molecule has 5 heteroatoms. The fraction of sp³-hybridized carbons (Fsp3) is 0.933. The van der Waals surface area contributed by atoms with Crippen LogP contribution in [0.5, 0.6) is 0 Å². The summed E-state index contributed by atoms with van der Waals surface area (Å²) in [6, 6.07) is 1.24. The number of amides is 1. The lowest BCUT2D eigenvalue weighted by Crippen LogP contribution is -2.57. The lowest BCUT2D eigenvalue weighted by atomic mass is 9.81. The minimum Gasteiger partial charge on any atom is -0.339 e. The number of fused-ring (bicyclic) bond motifs is 2. The second kappa shape index (κ2) is 6.20. The summed E-state index contributed by atoms with van der Waals surface area (Å²) < 4.78 is 0. The summed E-state index contributed by atoms with van der Waals surface area (Å²) in [6.07, 6.45) is 8.89. The van der Waals surface area contributed by atoms with E-state index >= 15 is 0 Å². The highest BCUT2D eigenvalue weighted by Gasteiger charge is 2.42. The minimum atomic E-state index is -0.555. The molecule has 2 aliphatic heterocycles. The Morgan fingerprint density at radius 3 is 2.45 bits per heavy atom. The summed E-state index contributed by atoms with van der Waals surface area (Å²) in [5.74, 6) is 0.230. The van der Waals surface area contributed by atoms with Crippen LogP contribution in [0.3, 0.4) is 0 Å². The van der Waals surface area contributed by atoms with Gasteiger partial charge in [0.15, 0.2) is 0 Å². The van der Waals surface area contributed by atoms with Gasteiger partial charge in [0.1, 0.15) is 0 Å². The number of nitrogens with zero attached hydrogens (tertiary/aromatic N) is 2. The first-order valence-electron chi connectivity index (χ1n) is 7.90. The molecule has 2 heterocycles. The molecule has 1 amide bonds. The number of hydrogen-bond donors (Lipinski definition) is 1. The quantitative estimate of drug-likeness (QED) is 0.803. The summed E-state index contributed by atoms with van der Waals surface area (Å²) >= 11 is 0. The van der Waals surface area contributed by atoms with E-state index in [9.17, 15) is 4.79 Å². The van der Waals surface area contributed by atoms with Gasteiger partial charge >= 0.3 is 0 Å². The van der Waals surface area contributed by atoms with Crippen LogP contribution in [0.25, 0.3) is 0 Å². The molecule has 0 spiro atoms. The SMILES string of the molecule is CN1C2CCC1CN(C(=O)C1(N)CCCCC1)CC2.Cl. The molecule has 3 rings (SSSR count). The van der Waals surface area contributed by atoms with E-state index in [1.807, 2.05) is 0 Å². The molecule has 2 atom stereocenters. The van der Waals surface area contributed by atoms with Crippen molar-refractivity contribution in [2.24, 2.45) is 5.73 Å². The zero-order valence-electron chi connectivity index (χ0n) is 12.5. The number of likely N-dealkylation sites (tertiary alicyclic amines) is 1. The van der Waals surface area contributed by atoms with Gasteiger partial charge in [-0.25, -0.2) is 0 Å². The van der Waals surface area contributed by atoms with Crippen molar-refractivity contribution in [1.29, 1.82) is 0 Å². The smallest absolute Gasteiger partial charge is 0.242 e. The van der Waals surface area contributed by atoms with Crippen LogP contribution in [-0.4, -0.2) is 53.5 Å². The third-order valence-corrected chi connectivity index (χ3v) is 5.61. The summed E-state index contributed by atoms with van der Waals surface area (Å²) in [5, 5.41) is 0. The van der Waals surface area contributed by atoms with Gasteiger partial charge in [-0.15, -0.1) is 12.4 Å². The monoisotopic (exact) mass is 301 g/mol. The molecule has 0 aromatic carbocycles. The minimum absolute atomic E-state index is 0. The molecule has 20 heavy (non-hydrogen) atoms. The molecule has 2 bridgehead atoms. The van der Waals surface area contributed by atoms with Crippen molar-refractivity contribution in [2.45, 2.75) is 69.0 Å². The molecule has 3 aliphatic rings. The molecule has 1 aliphatic carbocycles. The van der Waals surface area contributed by atoms with E-state index in [0.717, 1.165) is 45.2 Å². The van der Waals surface area contributed by atoms with Crippen molar-refractivity contribution in [2.75, 3.05) is 20.1 Å². The molecule has 2 unspecified atom stereocenters. The van der Waals surface area contributed by atoms with Crippen LogP contribution in [0, 0.1) is 0 Å². The Balaban J connectivity index is 0.00000147. The van der Waals surface area contributed by atoms with Crippen molar-refractivity contribution in [1.82, 2.24) is 9.80 Å². The van der Waals surface area contributed by atoms with Gasteiger partial charge in [-0.1, -0.05) is 19.3 Å². The number of halogens is 1. The van der Waals surface area contributed by atoms with Gasteiger partial charge < -0.3 is 10.6 Å². The first-order valence-corrected chi connectivity index (χ1v) is 7.90. The van der Waals surface area contributed by atoms with Crippen molar-refractivity contribution in [3.8, 4) is 0 Å². The first-order chi connectivity index (χ1) is 9.10. The van der Waals surface area contributed by atoms with Gasteiger partial charge in [0, 0.05) is 25.2 Å². The summed E-state index contributed by atoms with van der Waals surface area (Å²) in [5.41, 5.74) is 5.86.